The van der Waals surface area contributed by atoms with Crippen molar-refractivity contribution in [1.29, 1.82) is 0 Å². The van der Waals surface area contributed by atoms with Crippen LogP contribution in [-0.4, -0.2) is 52.1 Å². The maximum absolute atomic E-state index is 12.7. The molecule has 3 aromatic carbocycles. The molecule has 67 heavy (non-hydrogen) atoms. The first-order valence-corrected chi connectivity index (χ1v) is 23.1. The number of aromatic carboxylic acids is 1. The fourth-order valence-corrected chi connectivity index (χ4v) is 7.26. The Morgan fingerprint density at radius 2 is 0.940 bits per heavy atom. The number of carbonyl (C=O) groups excluding carboxylic acids is 2. The molecule has 11 nitrogen and oxygen atoms in total. The number of anilines is 3. The summed E-state index contributed by atoms with van der Waals surface area (Å²) in [5, 5.41) is 14.3. The topological polar surface area (TPSA) is 186 Å². The van der Waals surface area contributed by atoms with Gasteiger partial charge in [-0.25, -0.2) is 19.7 Å². The number of hydrogen-bond donors (Lipinski definition) is 5. The zero-order chi connectivity index (χ0) is 50.2. The smallest absolute Gasteiger partial charge is 0.417 e. The summed E-state index contributed by atoms with van der Waals surface area (Å²) in [4.78, 5) is 46.9. The molecule has 0 spiro atoms. The number of thiazole rings is 3. The number of aryl methyl sites for hydroxylation is 2. The van der Waals surface area contributed by atoms with Crippen molar-refractivity contribution in [3.63, 3.8) is 0 Å². The van der Waals surface area contributed by atoms with Gasteiger partial charge in [-0.15, -0.1) is 34.0 Å². The van der Waals surface area contributed by atoms with E-state index in [9.17, 15) is 53.9 Å². The number of nitrogens with one attached hydrogen (secondary N) is 2. The summed E-state index contributed by atoms with van der Waals surface area (Å²) in [6.45, 7) is 4.04. The number of halogens is 13. The predicted octanol–water partition coefficient (Wildman–Crippen LogP) is 13.1. The molecule has 0 bridgehead atoms. The van der Waals surface area contributed by atoms with Crippen LogP contribution in [-0.2, 0) is 37.9 Å². The average Bonchev–Trinajstić information content (AvgIpc) is 4.05. The number of carbonyl (C=O) groups is 3. The van der Waals surface area contributed by atoms with Gasteiger partial charge >= 0.3 is 24.5 Å². The third-order valence-corrected chi connectivity index (χ3v) is 11.7. The van der Waals surface area contributed by atoms with Crippen molar-refractivity contribution >= 4 is 128 Å². The molecule has 3 radical (unpaired) electrons. The molecule has 0 fully saturated rings. The summed E-state index contributed by atoms with van der Waals surface area (Å²) >= 11 is 22.8. The predicted molar refractivity (Wildman–Crippen MR) is 250 cm³/mol. The fourth-order valence-electron chi connectivity index (χ4n) is 4.45. The van der Waals surface area contributed by atoms with E-state index in [2.05, 4.69) is 41.5 Å². The minimum atomic E-state index is -4.59. The monoisotopic (exact) mass is 1130 g/mol. The zero-order valence-electron chi connectivity index (χ0n) is 34.4. The first-order valence-electron chi connectivity index (χ1n) is 17.9. The van der Waals surface area contributed by atoms with Crippen molar-refractivity contribution in [3.8, 4) is 0 Å². The van der Waals surface area contributed by atoms with Crippen LogP contribution in [0.2, 0.25) is 15.1 Å². The third kappa shape index (κ3) is 19.6. The number of hydrogen-bond acceptors (Lipinski definition) is 11. The molecule has 0 atom stereocenters. The largest absolute Gasteiger partial charge is 0.477 e. The van der Waals surface area contributed by atoms with Crippen LogP contribution in [0.25, 0.3) is 0 Å². The Balaban J connectivity index is 0.000000457. The van der Waals surface area contributed by atoms with E-state index < -0.39 is 63.0 Å². The van der Waals surface area contributed by atoms with Gasteiger partial charge in [-0.1, -0.05) is 64.6 Å². The van der Waals surface area contributed by atoms with E-state index in [1.54, 1.807) is 0 Å². The van der Waals surface area contributed by atoms with E-state index in [0.29, 0.717) is 21.2 Å². The Labute approximate surface area is 413 Å². The lowest BCUT2D eigenvalue weighted by molar-refractivity contribution is -0.138. The molecule has 0 unspecified atom stereocenters. The van der Waals surface area contributed by atoms with Gasteiger partial charge in [-0.2, -0.15) is 39.5 Å². The first-order chi connectivity index (χ1) is 30.8. The summed E-state index contributed by atoms with van der Waals surface area (Å²) < 4.78 is 113. The van der Waals surface area contributed by atoms with E-state index in [1.807, 2.05) is 19.7 Å². The SMILES string of the molecule is CBr.CCc1ncc(C(=O)Nc2ccc(Cl)c(C(F)(F)F)c2)s1.CCc1ncc(C(=O)O)s1.NCc1ncc(C(=O)Nc2ccc(Cl)c(C(F)(F)F)c2)s1.Nc1ccc(Cl)c(C(F)(F)F)c1.[B]. The van der Waals surface area contributed by atoms with Crippen LogP contribution in [0.3, 0.4) is 0 Å². The van der Waals surface area contributed by atoms with Gasteiger partial charge in [0, 0.05) is 32.0 Å². The quantitative estimate of drug-likeness (QED) is 0.0428. The van der Waals surface area contributed by atoms with Crippen molar-refractivity contribution < 1.29 is 59.0 Å². The molecule has 6 aromatic rings. The van der Waals surface area contributed by atoms with Gasteiger partial charge in [0.2, 0.25) is 0 Å². The van der Waals surface area contributed by atoms with Crippen molar-refractivity contribution in [1.82, 2.24) is 15.0 Å². The van der Waals surface area contributed by atoms with E-state index in [1.165, 1.54) is 59.5 Å². The second kappa shape index (κ2) is 27.5. The highest BCUT2D eigenvalue weighted by molar-refractivity contribution is 9.08. The van der Waals surface area contributed by atoms with Gasteiger partial charge in [0.25, 0.3) is 11.8 Å². The Morgan fingerprint density at radius 1 is 0.612 bits per heavy atom. The number of aromatic nitrogens is 3. The molecule has 0 aliphatic carbocycles. The maximum Gasteiger partial charge on any atom is 0.417 e. The Hall–Kier alpha value is -4.50. The standard InChI is InChI=1S/C13H10ClF3N2OS.C12H9ClF3N3OS.C7H5ClF3N.C6H7NO2S.CH3Br.B/c1-2-11-18-6-10(21-11)12(20)19-7-3-4-9(14)8(5-7)13(15,16)17;13-8-2-1-6(3-7(8)12(14,15)16)19-11(20)9-5-18-10(4-17)21-9;8-6-2-1-4(12)3-5(6)7(9,10)11;1-2-5-7-3-4(10-5)6(8)9;1-2;/h3-6H,2H2,1H3,(H,19,20);1-3,5H,4,17H2,(H,19,20);1-3H,12H2;3H,2H2,1H3,(H,8,9);1H3;. The van der Waals surface area contributed by atoms with Gasteiger partial charge in [0.15, 0.2) is 0 Å². The Kier molecular flexibility index (Phi) is 24.8. The minimum Gasteiger partial charge on any atom is -0.477 e. The molecular formula is C39H34BBrCl3F9N7O4S3. The number of nitrogens with zero attached hydrogens (tertiary/aromatic N) is 3. The number of carboxylic acid groups (broad SMARTS) is 1. The van der Waals surface area contributed by atoms with Gasteiger partial charge in [0.1, 0.15) is 19.6 Å². The number of nitrogens with two attached hydrogens (primary N) is 2. The first kappa shape index (κ1) is 60.5. The van der Waals surface area contributed by atoms with Gasteiger partial charge in [0.05, 0.1) is 60.4 Å². The molecule has 28 heteroatoms. The van der Waals surface area contributed by atoms with E-state index >= 15 is 0 Å². The Bertz CT molecular complexity index is 2450. The number of alkyl halides is 10. The second-order valence-corrected chi connectivity index (χ2v) is 16.7. The summed E-state index contributed by atoms with van der Waals surface area (Å²) in [6.07, 6.45) is -7.98. The molecule has 7 N–H and O–H groups in total. The number of nitrogen functional groups attached to an aromatic ring is 1. The molecule has 0 saturated heterocycles. The average molecular weight is 1130 g/mol. The van der Waals surface area contributed by atoms with Crippen molar-refractivity contribution in [2.24, 2.45) is 5.73 Å². The van der Waals surface area contributed by atoms with Crippen LogP contribution in [0.15, 0.2) is 73.2 Å². The second-order valence-electron chi connectivity index (χ2n) is 12.1. The molecule has 3 aromatic heterocycles. The van der Waals surface area contributed by atoms with E-state index in [-0.39, 0.29) is 41.9 Å². The molecule has 0 aliphatic rings. The highest BCUT2D eigenvalue weighted by Gasteiger charge is 2.35. The van der Waals surface area contributed by atoms with Crippen LogP contribution < -0.4 is 22.1 Å². The highest BCUT2D eigenvalue weighted by atomic mass is 79.9. The van der Waals surface area contributed by atoms with Crippen LogP contribution in [0.5, 0.6) is 0 Å². The maximum atomic E-state index is 12.7. The Morgan fingerprint density at radius 3 is 1.24 bits per heavy atom. The molecule has 3 heterocycles. The number of rotatable bonds is 8. The number of carboxylic acids is 1. The normalized spacial score (nSPS) is 10.8. The van der Waals surface area contributed by atoms with Crippen LogP contribution in [0.1, 0.15) is 74.6 Å². The lowest BCUT2D eigenvalue weighted by Crippen LogP contribution is -2.12. The number of benzene rings is 3. The van der Waals surface area contributed by atoms with Crippen molar-refractivity contribution in [3.05, 3.63) is 135 Å². The van der Waals surface area contributed by atoms with Crippen molar-refractivity contribution in [2.45, 2.75) is 51.8 Å². The van der Waals surface area contributed by atoms with Gasteiger partial charge in [-0.3, -0.25) is 9.59 Å². The molecule has 0 aliphatic heterocycles. The highest BCUT2D eigenvalue weighted by Crippen LogP contribution is 2.38. The summed E-state index contributed by atoms with van der Waals surface area (Å²) in [6, 6.07) is 9.63. The molecule has 2 amide bonds. The summed E-state index contributed by atoms with van der Waals surface area (Å²) in [5.74, 6) is -0.130. The fraction of sp³-hybridized carbons (Fsp3) is 0.231. The van der Waals surface area contributed by atoms with Crippen LogP contribution in [0, 0.1) is 0 Å². The number of amides is 2. The third-order valence-electron chi connectivity index (χ3n) is 7.45. The molecule has 6 rings (SSSR count). The molecule has 361 valence electrons. The van der Waals surface area contributed by atoms with Crippen LogP contribution >= 0.6 is 84.7 Å². The zero-order valence-corrected chi connectivity index (χ0v) is 40.7. The minimum absolute atomic E-state index is 0. The summed E-state index contributed by atoms with van der Waals surface area (Å²) in [7, 11) is 0. The van der Waals surface area contributed by atoms with E-state index in [0.717, 1.165) is 64.2 Å². The summed E-state index contributed by atoms with van der Waals surface area (Å²) in [5.41, 5.74) is 7.73. The molecule has 0 saturated carbocycles. The lowest BCUT2D eigenvalue weighted by Gasteiger charge is -2.11. The van der Waals surface area contributed by atoms with Crippen LogP contribution in [0.4, 0.5) is 56.6 Å². The lowest BCUT2D eigenvalue weighted by atomic mass is 10.2. The molecular weight excluding hydrogens is 1090 g/mol. The van der Waals surface area contributed by atoms with E-state index in [4.69, 9.17) is 51.4 Å². The van der Waals surface area contributed by atoms with Gasteiger partial charge < -0.3 is 27.2 Å². The van der Waals surface area contributed by atoms with Crippen molar-refractivity contribution in [2.75, 3.05) is 22.2 Å². The van der Waals surface area contributed by atoms with Gasteiger partial charge in [-0.05, 0) is 73.3 Å².